The average molecular weight is 320 g/mol. The van der Waals surface area contributed by atoms with Gasteiger partial charge >= 0.3 is 5.97 Å². The van der Waals surface area contributed by atoms with E-state index in [-0.39, 0.29) is 5.56 Å². The summed E-state index contributed by atoms with van der Waals surface area (Å²) in [6.45, 7) is 1.97. The number of fused-ring (bicyclic) bond motifs is 5. The summed E-state index contributed by atoms with van der Waals surface area (Å²) < 4.78 is 8.50. The Kier molecular flexibility index (Phi) is 3.16. The second-order valence-electron chi connectivity index (χ2n) is 5.63. The largest absolute Gasteiger partial charge is 0.465 e. The van der Waals surface area contributed by atoms with Crippen LogP contribution in [0.2, 0.25) is 0 Å². The van der Waals surface area contributed by atoms with Gasteiger partial charge in [-0.3, -0.25) is 4.79 Å². The molecule has 5 heteroatoms. The number of hydrogen-bond acceptors (Lipinski definition) is 3. The third kappa shape index (κ3) is 1.75. The van der Waals surface area contributed by atoms with Gasteiger partial charge in [-0.05, 0) is 24.6 Å². The molecule has 2 aromatic carbocycles. The molecule has 120 valence electrons. The van der Waals surface area contributed by atoms with Gasteiger partial charge in [-0.1, -0.05) is 37.3 Å². The molecular formula is C19H16N2O3. The molecule has 0 aliphatic heterocycles. The minimum absolute atomic E-state index is 0.0899. The molecule has 0 saturated carbocycles. The molecule has 2 aromatic heterocycles. The lowest BCUT2D eigenvalue weighted by atomic mass is 10.1. The zero-order valence-corrected chi connectivity index (χ0v) is 13.4. The molecule has 0 spiro atoms. The molecule has 0 aliphatic rings. The highest BCUT2D eigenvalue weighted by Crippen LogP contribution is 2.25. The molecule has 2 heterocycles. The highest BCUT2D eigenvalue weighted by molar-refractivity contribution is 6.05. The number of carbonyl (C=O) groups excluding carboxylic acids is 1. The standard InChI is InChI=1S/C19H16N2O3/c1-3-14-17(19(23)24-2)12-8-4-6-10-15(12)21-18(22)13-9-5-7-11-16(13)20(14)21/h4-11H,3H2,1-2H3. The van der Waals surface area contributed by atoms with E-state index >= 15 is 0 Å². The number of rotatable bonds is 2. The number of nitrogens with zero attached hydrogens (tertiary/aromatic N) is 2. The number of aryl methyl sites for hydroxylation is 1. The van der Waals surface area contributed by atoms with Crippen LogP contribution in [0, 0.1) is 0 Å². The molecule has 0 saturated heterocycles. The van der Waals surface area contributed by atoms with Crippen molar-refractivity contribution >= 4 is 27.8 Å². The SMILES string of the molecule is CCc1c(C(=O)OC)c2ccccc2n2c(=O)c3ccccc3n12. The Labute approximate surface area is 137 Å². The van der Waals surface area contributed by atoms with Crippen LogP contribution in [0.15, 0.2) is 53.3 Å². The minimum atomic E-state index is -0.393. The third-order valence-corrected chi connectivity index (χ3v) is 4.43. The van der Waals surface area contributed by atoms with Crippen LogP contribution in [0.1, 0.15) is 23.0 Å². The van der Waals surface area contributed by atoms with E-state index < -0.39 is 5.97 Å². The van der Waals surface area contributed by atoms with Crippen molar-refractivity contribution in [2.24, 2.45) is 0 Å². The van der Waals surface area contributed by atoms with E-state index in [0.29, 0.717) is 22.9 Å². The Balaban J connectivity index is 2.42. The highest BCUT2D eigenvalue weighted by Gasteiger charge is 2.22. The first-order chi connectivity index (χ1) is 11.7. The van der Waals surface area contributed by atoms with Crippen molar-refractivity contribution < 1.29 is 9.53 Å². The number of ether oxygens (including phenoxy) is 1. The number of carbonyl (C=O) groups is 1. The van der Waals surface area contributed by atoms with E-state index in [0.717, 1.165) is 16.6 Å². The highest BCUT2D eigenvalue weighted by atomic mass is 16.5. The number of para-hydroxylation sites is 2. The van der Waals surface area contributed by atoms with Gasteiger partial charge in [-0.25, -0.2) is 13.8 Å². The second-order valence-corrected chi connectivity index (χ2v) is 5.63. The number of methoxy groups -OCH3 is 1. The Morgan fingerprint density at radius 3 is 2.17 bits per heavy atom. The predicted molar refractivity (Wildman–Crippen MR) is 92.8 cm³/mol. The zero-order chi connectivity index (χ0) is 16.8. The Morgan fingerprint density at radius 1 is 0.958 bits per heavy atom. The summed E-state index contributed by atoms with van der Waals surface area (Å²) >= 11 is 0. The molecule has 5 nitrogen and oxygen atoms in total. The van der Waals surface area contributed by atoms with E-state index in [1.807, 2.05) is 60.0 Å². The van der Waals surface area contributed by atoms with Gasteiger partial charge in [0, 0.05) is 5.39 Å². The predicted octanol–water partition coefficient (Wildman–Crippen LogP) is 3.05. The summed E-state index contributed by atoms with van der Waals surface area (Å²) in [6.07, 6.45) is 0.594. The van der Waals surface area contributed by atoms with Crippen LogP contribution in [0.25, 0.3) is 21.8 Å². The van der Waals surface area contributed by atoms with E-state index in [4.69, 9.17) is 4.74 Å². The van der Waals surface area contributed by atoms with Gasteiger partial charge in [-0.2, -0.15) is 0 Å². The van der Waals surface area contributed by atoms with Gasteiger partial charge in [0.15, 0.2) is 0 Å². The monoisotopic (exact) mass is 320 g/mol. The van der Waals surface area contributed by atoms with E-state index in [1.165, 1.54) is 7.11 Å². The van der Waals surface area contributed by atoms with E-state index in [2.05, 4.69) is 0 Å². The molecule has 0 bridgehead atoms. The van der Waals surface area contributed by atoms with Gasteiger partial charge in [-0.15, -0.1) is 0 Å². The summed E-state index contributed by atoms with van der Waals surface area (Å²) in [6, 6.07) is 14.9. The van der Waals surface area contributed by atoms with Crippen molar-refractivity contribution in [2.75, 3.05) is 7.11 Å². The number of benzene rings is 2. The van der Waals surface area contributed by atoms with E-state index in [1.54, 1.807) is 4.52 Å². The Bertz CT molecular complexity index is 1170. The van der Waals surface area contributed by atoms with Crippen molar-refractivity contribution in [1.29, 1.82) is 0 Å². The van der Waals surface area contributed by atoms with Crippen LogP contribution in [-0.4, -0.2) is 22.1 Å². The molecular weight excluding hydrogens is 304 g/mol. The Morgan fingerprint density at radius 2 is 1.54 bits per heavy atom. The van der Waals surface area contributed by atoms with Gasteiger partial charge in [0.1, 0.15) is 0 Å². The Hall–Kier alpha value is -3.08. The molecule has 0 aliphatic carbocycles. The molecule has 0 N–H and O–H groups in total. The van der Waals surface area contributed by atoms with Crippen molar-refractivity contribution in [3.05, 3.63) is 70.1 Å². The lowest BCUT2D eigenvalue weighted by molar-refractivity contribution is 0.0600. The number of aromatic nitrogens is 2. The lowest BCUT2D eigenvalue weighted by Gasteiger charge is -2.15. The topological polar surface area (TPSA) is 52.2 Å². The van der Waals surface area contributed by atoms with Crippen molar-refractivity contribution in [1.82, 2.24) is 9.03 Å². The number of hydrogen-bond donors (Lipinski definition) is 0. The van der Waals surface area contributed by atoms with E-state index in [9.17, 15) is 9.59 Å². The summed E-state index contributed by atoms with van der Waals surface area (Å²) in [5.41, 5.74) is 2.66. The quantitative estimate of drug-likeness (QED) is 0.533. The fourth-order valence-electron chi connectivity index (χ4n) is 3.42. The third-order valence-electron chi connectivity index (χ3n) is 4.43. The van der Waals surface area contributed by atoms with Crippen LogP contribution in [0.4, 0.5) is 0 Å². The maximum atomic E-state index is 12.9. The second kappa shape index (κ2) is 5.23. The molecule has 4 aromatic rings. The van der Waals surface area contributed by atoms with Gasteiger partial charge < -0.3 is 4.74 Å². The average Bonchev–Trinajstić information content (AvgIpc) is 2.93. The van der Waals surface area contributed by atoms with Crippen LogP contribution < -0.4 is 5.56 Å². The molecule has 0 amide bonds. The zero-order valence-electron chi connectivity index (χ0n) is 13.4. The fourth-order valence-corrected chi connectivity index (χ4v) is 3.42. The first-order valence-electron chi connectivity index (χ1n) is 7.83. The molecule has 0 radical (unpaired) electrons. The summed E-state index contributed by atoms with van der Waals surface area (Å²) in [5.74, 6) is -0.393. The maximum absolute atomic E-state index is 12.9. The van der Waals surface area contributed by atoms with Gasteiger partial charge in [0.05, 0.1) is 34.8 Å². The lowest BCUT2D eigenvalue weighted by Crippen LogP contribution is -2.19. The van der Waals surface area contributed by atoms with Gasteiger partial charge in [0.25, 0.3) is 5.56 Å². The molecule has 0 unspecified atom stereocenters. The van der Waals surface area contributed by atoms with Crippen molar-refractivity contribution in [3.8, 4) is 0 Å². The first-order valence-corrected chi connectivity index (χ1v) is 7.83. The number of esters is 1. The van der Waals surface area contributed by atoms with Crippen molar-refractivity contribution in [3.63, 3.8) is 0 Å². The molecule has 0 atom stereocenters. The summed E-state index contributed by atoms with van der Waals surface area (Å²) in [4.78, 5) is 25.4. The van der Waals surface area contributed by atoms with Gasteiger partial charge in [0.2, 0.25) is 0 Å². The summed E-state index contributed by atoms with van der Waals surface area (Å²) in [5, 5.41) is 1.35. The minimum Gasteiger partial charge on any atom is -0.465 e. The van der Waals surface area contributed by atoms with Crippen LogP contribution in [0.5, 0.6) is 0 Å². The van der Waals surface area contributed by atoms with Crippen molar-refractivity contribution in [2.45, 2.75) is 13.3 Å². The molecule has 0 fully saturated rings. The van der Waals surface area contributed by atoms with Crippen LogP contribution in [-0.2, 0) is 11.2 Å². The van der Waals surface area contributed by atoms with Crippen LogP contribution >= 0.6 is 0 Å². The first kappa shape index (κ1) is 14.5. The smallest absolute Gasteiger partial charge is 0.340 e. The van der Waals surface area contributed by atoms with Crippen LogP contribution in [0.3, 0.4) is 0 Å². The molecule has 4 rings (SSSR count). The molecule has 24 heavy (non-hydrogen) atoms. The maximum Gasteiger partial charge on any atom is 0.340 e. The summed E-state index contributed by atoms with van der Waals surface area (Å²) in [7, 11) is 1.38. The fraction of sp³-hybridized carbons (Fsp3) is 0.158. The normalized spacial score (nSPS) is 11.4.